The summed E-state index contributed by atoms with van der Waals surface area (Å²) in [5.74, 6) is 1.61. The molecule has 1 amide bonds. The van der Waals surface area contributed by atoms with Gasteiger partial charge in [0, 0.05) is 17.1 Å². The topological polar surface area (TPSA) is 71.3 Å². The molecule has 0 unspecified atom stereocenters. The van der Waals surface area contributed by atoms with Crippen molar-refractivity contribution in [2.45, 2.75) is 40.7 Å². The number of hydrogen-bond acceptors (Lipinski definition) is 5. The summed E-state index contributed by atoms with van der Waals surface area (Å²) < 4.78 is 5.28. The Kier molecular flexibility index (Phi) is 6.96. The van der Waals surface area contributed by atoms with Crippen LogP contribution in [0.25, 0.3) is 0 Å². The van der Waals surface area contributed by atoms with Crippen LogP contribution < -0.4 is 5.32 Å². The van der Waals surface area contributed by atoms with E-state index in [9.17, 15) is 4.79 Å². The van der Waals surface area contributed by atoms with Gasteiger partial charge in [-0.05, 0) is 37.1 Å². The molecule has 0 aliphatic heterocycles. The van der Waals surface area contributed by atoms with E-state index in [1.807, 2.05) is 24.8 Å². The number of benzene rings is 1. The minimum atomic E-state index is -0.103. The Morgan fingerprint density at radius 2 is 2.16 bits per heavy atom. The smallest absolute Gasteiger partial charge is 0.240 e. The maximum absolute atomic E-state index is 12.3. The summed E-state index contributed by atoms with van der Waals surface area (Å²) in [6.45, 7) is 9.52. The summed E-state index contributed by atoms with van der Waals surface area (Å²) in [7, 11) is 0. The molecular weight excluding hydrogens is 340 g/mol. The van der Waals surface area contributed by atoms with Gasteiger partial charge < -0.3 is 9.84 Å². The molecule has 0 saturated carbocycles. The second kappa shape index (κ2) is 8.97. The summed E-state index contributed by atoms with van der Waals surface area (Å²) in [5, 5.41) is 7.48. The molecule has 0 saturated heterocycles. The van der Waals surface area contributed by atoms with E-state index in [2.05, 4.69) is 29.3 Å². The average Bonchev–Trinajstić information content (AvgIpc) is 2.96. The molecule has 1 aromatic carbocycles. The van der Waals surface area contributed by atoms with Gasteiger partial charge in [-0.2, -0.15) is 4.98 Å². The number of anilines is 1. The van der Waals surface area contributed by atoms with Gasteiger partial charge in [0.15, 0.2) is 5.82 Å². The zero-order valence-corrected chi connectivity index (χ0v) is 15.9. The lowest BCUT2D eigenvalue weighted by atomic mass is 10.1. The van der Waals surface area contributed by atoms with E-state index >= 15 is 0 Å². The van der Waals surface area contributed by atoms with E-state index in [1.165, 1.54) is 0 Å². The number of likely N-dealkylation sites (N-methyl/N-ethyl adjacent to an activating group) is 1. The summed E-state index contributed by atoms with van der Waals surface area (Å²) in [6, 6.07) is 5.43. The number of halogens is 1. The third-order valence-corrected chi connectivity index (χ3v) is 3.98. The lowest BCUT2D eigenvalue weighted by Gasteiger charge is -2.18. The van der Waals surface area contributed by atoms with E-state index in [0.29, 0.717) is 35.7 Å². The van der Waals surface area contributed by atoms with Crippen LogP contribution in [-0.4, -0.2) is 34.0 Å². The van der Waals surface area contributed by atoms with Crippen LogP contribution in [0.5, 0.6) is 0 Å². The highest BCUT2D eigenvalue weighted by Crippen LogP contribution is 2.20. The highest BCUT2D eigenvalue weighted by Gasteiger charge is 2.15. The first-order valence-electron chi connectivity index (χ1n) is 8.47. The summed E-state index contributed by atoms with van der Waals surface area (Å²) in [5.41, 5.74) is 1.70. The zero-order chi connectivity index (χ0) is 18.4. The van der Waals surface area contributed by atoms with E-state index < -0.39 is 0 Å². The molecule has 0 aliphatic carbocycles. The van der Waals surface area contributed by atoms with Gasteiger partial charge in [0.2, 0.25) is 11.8 Å². The van der Waals surface area contributed by atoms with Crippen molar-refractivity contribution >= 4 is 23.2 Å². The lowest BCUT2D eigenvalue weighted by Crippen LogP contribution is -2.33. The van der Waals surface area contributed by atoms with Crippen molar-refractivity contribution in [3.63, 3.8) is 0 Å². The number of amides is 1. The molecule has 1 heterocycles. The first-order chi connectivity index (χ1) is 11.9. The Balaban J connectivity index is 1.93. The fraction of sp³-hybridized carbons (Fsp3) is 0.500. The SMILES string of the molecule is CCN(CC(=O)Nc1cc(Cl)ccc1C)Cc1nc(CC(C)C)no1. The number of rotatable bonds is 8. The van der Waals surface area contributed by atoms with Crippen molar-refractivity contribution < 1.29 is 9.32 Å². The second-order valence-corrected chi connectivity index (χ2v) is 6.95. The molecule has 0 atom stereocenters. The monoisotopic (exact) mass is 364 g/mol. The number of carbonyl (C=O) groups excluding carboxylic acids is 1. The fourth-order valence-electron chi connectivity index (χ4n) is 2.39. The van der Waals surface area contributed by atoms with Gasteiger partial charge in [-0.25, -0.2) is 0 Å². The number of carbonyl (C=O) groups is 1. The number of aryl methyl sites for hydroxylation is 1. The number of aromatic nitrogens is 2. The predicted octanol–water partition coefficient (Wildman–Crippen LogP) is 3.69. The summed E-state index contributed by atoms with van der Waals surface area (Å²) >= 11 is 5.99. The van der Waals surface area contributed by atoms with Gasteiger partial charge in [0.1, 0.15) is 0 Å². The minimum Gasteiger partial charge on any atom is -0.338 e. The van der Waals surface area contributed by atoms with Crippen LogP contribution in [0, 0.1) is 12.8 Å². The molecule has 136 valence electrons. The minimum absolute atomic E-state index is 0.103. The predicted molar refractivity (Wildman–Crippen MR) is 98.6 cm³/mol. The molecule has 0 bridgehead atoms. The number of nitrogens with one attached hydrogen (secondary N) is 1. The van der Waals surface area contributed by atoms with Crippen molar-refractivity contribution in [1.82, 2.24) is 15.0 Å². The van der Waals surface area contributed by atoms with Gasteiger partial charge in [-0.15, -0.1) is 0 Å². The summed E-state index contributed by atoms with van der Waals surface area (Å²) in [6.07, 6.45) is 0.782. The molecule has 2 rings (SSSR count). The molecule has 0 radical (unpaired) electrons. The van der Waals surface area contributed by atoms with Crippen molar-refractivity contribution in [3.8, 4) is 0 Å². The van der Waals surface area contributed by atoms with Crippen LogP contribution in [0.4, 0.5) is 5.69 Å². The van der Waals surface area contributed by atoms with Crippen LogP contribution >= 0.6 is 11.6 Å². The average molecular weight is 365 g/mol. The van der Waals surface area contributed by atoms with E-state index in [0.717, 1.165) is 17.7 Å². The molecular formula is C18H25ClN4O2. The second-order valence-electron chi connectivity index (χ2n) is 6.51. The Hall–Kier alpha value is -1.92. The van der Waals surface area contributed by atoms with E-state index in [1.54, 1.807) is 12.1 Å². The van der Waals surface area contributed by atoms with Gasteiger partial charge in [0.25, 0.3) is 0 Å². The first-order valence-corrected chi connectivity index (χ1v) is 8.85. The molecule has 25 heavy (non-hydrogen) atoms. The Morgan fingerprint density at radius 3 is 2.84 bits per heavy atom. The van der Waals surface area contributed by atoms with Crippen molar-refractivity contribution in [3.05, 3.63) is 40.5 Å². The Morgan fingerprint density at radius 1 is 1.40 bits per heavy atom. The number of hydrogen-bond donors (Lipinski definition) is 1. The van der Waals surface area contributed by atoms with Crippen molar-refractivity contribution in [1.29, 1.82) is 0 Å². The lowest BCUT2D eigenvalue weighted by molar-refractivity contribution is -0.117. The third-order valence-electron chi connectivity index (χ3n) is 3.75. The molecule has 0 fully saturated rings. The maximum Gasteiger partial charge on any atom is 0.240 e. The molecule has 7 heteroatoms. The molecule has 1 aromatic heterocycles. The summed E-state index contributed by atoms with van der Waals surface area (Å²) in [4.78, 5) is 18.7. The quantitative estimate of drug-likeness (QED) is 0.773. The standard InChI is InChI=1S/C18H25ClN4O2/c1-5-23(11-18-21-16(22-25-18)8-12(2)3)10-17(24)20-15-9-14(19)7-6-13(15)4/h6-7,9,12H,5,8,10-11H2,1-4H3,(H,20,24). The van der Waals surface area contributed by atoms with Gasteiger partial charge in [-0.3, -0.25) is 9.69 Å². The van der Waals surface area contributed by atoms with Crippen LogP contribution in [-0.2, 0) is 17.8 Å². The van der Waals surface area contributed by atoms with E-state index in [-0.39, 0.29) is 12.5 Å². The fourth-order valence-corrected chi connectivity index (χ4v) is 2.57. The third kappa shape index (κ3) is 6.14. The van der Waals surface area contributed by atoms with Gasteiger partial charge in [-0.1, -0.05) is 43.6 Å². The van der Waals surface area contributed by atoms with Gasteiger partial charge in [0.05, 0.1) is 13.1 Å². The molecule has 0 aliphatic rings. The Bertz CT molecular complexity index is 715. The largest absolute Gasteiger partial charge is 0.338 e. The van der Waals surface area contributed by atoms with Crippen LogP contribution in [0.3, 0.4) is 0 Å². The molecule has 2 aromatic rings. The van der Waals surface area contributed by atoms with Crippen LogP contribution in [0.2, 0.25) is 5.02 Å². The first kappa shape index (κ1) is 19.4. The van der Waals surface area contributed by atoms with Gasteiger partial charge >= 0.3 is 0 Å². The Labute approximate surface area is 153 Å². The van der Waals surface area contributed by atoms with E-state index in [4.69, 9.17) is 16.1 Å². The van der Waals surface area contributed by atoms with Crippen molar-refractivity contribution in [2.24, 2.45) is 5.92 Å². The normalized spacial score (nSPS) is 11.3. The maximum atomic E-state index is 12.3. The highest BCUT2D eigenvalue weighted by atomic mass is 35.5. The molecule has 0 spiro atoms. The highest BCUT2D eigenvalue weighted by molar-refractivity contribution is 6.31. The number of nitrogens with zero attached hydrogens (tertiary/aromatic N) is 3. The van der Waals surface area contributed by atoms with Crippen LogP contribution in [0.15, 0.2) is 22.7 Å². The zero-order valence-electron chi connectivity index (χ0n) is 15.2. The van der Waals surface area contributed by atoms with Crippen LogP contribution in [0.1, 0.15) is 38.0 Å². The van der Waals surface area contributed by atoms with Crippen molar-refractivity contribution in [2.75, 3.05) is 18.4 Å². The molecule has 1 N–H and O–H groups in total. The molecule has 6 nitrogen and oxygen atoms in total.